The van der Waals surface area contributed by atoms with Crippen LogP contribution in [-0.2, 0) is 4.79 Å². The minimum atomic E-state index is 0.666. The highest BCUT2D eigenvalue weighted by atomic mass is 16.1. The first kappa shape index (κ1) is 22.5. The number of rotatable bonds is 18. The Morgan fingerprint density at radius 3 is 1.74 bits per heavy atom. The molecule has 0 aliphatic carbocycles. The van der Waals surface area contributed by atoms with Gasteiger partial charge in [0.2, 0.25) is 0 Å². The minimum Gasteiger partial charge on any atom is -0.334 e. The van der Waals surface area contributed by atoms with Crippen LogP contribution in [0.3, 0.4) is 0 Å². The van der Waals surface area contributed by atoms with Gasteiger partial charge in [0, 0.05) is 13.1 Å². The summed E-state index contributed by atoms with van der Waals surface area (Å²) in [6.45, 7) is 8.57. The molecule has 0 saturated heterocycles. The van der Waals surface area contributed by atoms with E-state index in [2.05, 4.69) is 27.2 Å². The highest BCUT2D eigenvalue weighted by molar-refractivity contribution is 5.47. The summed E-state index contributed by atoms with van der Waals surface area (Å²) in [7, 11) is 0. The highest BCUT2D eigenvalue weighted by Gasteiger charge is 2.11. The lowest BCUT2D eigenvalue weighted by Gasteiger charge is -2.22. The van der Waals surface area contributed by atoms with Gasteiger partial charge in [-0.25, -0.2) is 0 Å². The molecule has 0 spiro atoms. The Hall–Kier alpha value is -0.530. The first-order chi connectivity index (χ1) is 11.3. The molecule has 0 bridgehead atoms. The van der Waals surface area contributed by atoms with E-state index < -0.39 is 0 Å². The molecule has 0 saturated carbocycles. The van der Waals surface area contributed by atoms with E-state index in [1.54, 1.807) is 0 Å². The second-order valence-electron chi connectivity index (χ2n) is 7.14. The Labute approximate surface area is 146 Å². The Kier molecular flexibility index (Phi) is 17.4. The lowest BCUT2D eigenvalue weighted by atomic mass is 9.99. The molecule has 0 rings (SSSR count). The van der Waals surface area contributed by atoms with Crippen LogP contribution in [0, 0.1) is 5.92 Å². The summed E-state index contributed by atoms with van der Waals surface area (Å²) in [5, 5.41) is 0. The third-order valence-electron chi connectivity index (χ3n) is 4.93. The zero-order valence-corrected chi connectivity index (χ0v) is 16.2. The van der Waals surface area contributed by atoms with Crippen LogP contribution in [0.5, 0.6) is 0 Å². The van der Waals surface area contributed by atoms with E-state index in [-0.39, 0.29) is 0 Å². The molecule has 1 unspecified atom stereocenters. The molecule has 2 heteroatoms. The van der Waals surface area contributed by atoms with Gasteiger partial charge in [0.15, 0.2) is 0 Å². The van der Waals surface area contributed by atoms with Crippen LogP contribution in [0.4, 0.5) is 0 Å². The molecule has 1 amide bonds. The fraction of sp³-hybridized carbons (Fsp3) is 0.952. The summed E-state index contributed by atoms with van der Waals surface area (Å²) in [4.78, 5) is 13.0. The van der Waals surface area contributed by atoms with Crippen molar-refractivity contribution in [2.75, 3.05) is 13.1 Å². The molecule has 1 atom stereocenters. The van der Waals surface area contributed by atoms with Crippen molar-refractivity contribution in [1.29, 1.82) is 0 Å². The second-order valence-corrected chi connectivity index (χ2v) is 7.14. The quantitative estimate of drug-likeness (QED) is 0.208. The van der Waals surface area contributed by atoms with Crippen LogP contribution >= 0.6 is 0 Å². The maximum Gasteiger partial charge on any atom is 0.312 e. The lowest BCUT2D eigenvalue weighted by Crippen LogP contribution is -2.29. The predicted octanol–water partition coefficient (Wildman–Crippen LogP) is 6.49. The number of amides is 1. The molecule has 0 aliphatic rings. The molecule has 0 heterocycles. The Morgan fingerprint density at radius 2 is 1.26 bits per heavy atom. The normalized spacial score (nSPS) is 12.3. The zero-order chi connectivity index (χ0) is 17.2. The van der Waals surface area contributed by atoms with Gasteiger partial charge in [0.1, 0.15) is 0 Å². The molecular formula is C21H42NO. The monoisotopic (exact) mass is 324 g/mol. The van der Waals surface area contributed by atoms with Crippen LogP contribution in [0.1, 0.15) is 111 Å². The molecule has 0 aromatic heterocycles. The highest BCUT2D eigenvalue weighted by Crippen LogP contribution is 2.15. The van der Waals surface area contributed by atoms with Crippen molar-refractivity contribution in [1.82, 2.24) is 4.90 Å². The van der Waals surface area contributed by atoms with Gasteiger partial charge in [-0.05, 0) is 18.8 Å². The fourth-order valence-electron chi connectivity index (χ4n) is 3.19. The Balaban J connectivity index is 3.54. The van der Waals surface area contributed by atoms with Crippen molar-refractivity contribution in [2.24, 2.45) is 5.92 Å². The zero-order valence-electron chi connectivity index (χ0n) is 16.2. The van der Waals surface area contributed by atoms with Gasteiger partial charge in [-0.2, -0.15) is 0 Å². The Morgan fingerprint density at radius 1 is 0.739 bits per heavy atom. The average Bonchev–Trinajstić information content (AvgIpc) is 2.58. The van der Waals surface area contributed by atoms with Crippen molar-refractivity contribution < 1.29 is 4.79 Å². The van der Waals surface area contributed by atoms with Gasteiger partial charge >= 0.3 is 6.41 Å². The van der Waals surface area contributed by atoms with Crippen LogP contribution < -0.4 is 0 Å². The summed E-state index contributed by atoms with van der Waals surface area (Å²) in [6, 6.07) is 0. The smallest absolute Gasteiger partial charge is 0.312 e. The van der Waals surface area contributed by atoms with Gasteiger partial charge in [-0.3, -0.25) is 4.79 Å². The van der Waals surface area contributed by atoms with E-state index in [0.717, 1.165) is 19.5 Å². The second kappa shape index (κ2) is 17.8. The number of hydrogen-bond acceptors (Lipinski definition) is 1. The van der Waals surface area contributed by atoms with Gasteiger partial charge < -0.3 is 4.90 Å². The molecule has 0 fully saturated rings. The summed E-state index contributed by atoms with van der Waals surface area (Å²) < 4.78 is 0. The molecular weight excluding hydrogens is 282 g/mol. The first-order valence-corrected chi connectivity index (χ1v) is 10.4. The third-order valence-corrected chi connectivity index (χ3v) is 4.93. The van der Waals surface area contributed by atoms with Crippen LogP contribution in [-0.4, -0.2) is 24.4 Å². The van der Waals surface area contributed by atoms with Crippen molar-refractivity contribution >= 4 is 6.41 Å². The lowest BCUT2D eigenvalue weighted by molar-refractivity contribution is 0.293. The Bertz CT molecular complexity index is 242. The van der Waals surface area contributed by atoms with Crippen molar-refractivity contribution in [3.05, 3.63) is 0 Å². The molecule has 1 radical (unpaired) electrons. The van der Waals surface area contributed by atoms with Gasteiger partial charge in [-0.15, -0.1) is 0 Å². The van der Waals surface area contributed by atoms with E-state index in [9.17, 15) is 4.79 Å². The molecule has 0 aromatic carbocycles. The molecule has 23 heavy (non-hydrogen) atoms. The third kappa shape index (κ3) is 14.8. The van der Waals surface area contributed by atoms with Gasteiger partial charge in [0.05, 0.1) is 0 Å². The average molecular weight is 325 g/mol. The molecule has 137 valence electrons. The van der Waals surface area contributed by atoms with Crippen LogP contribution in [0.2, 0.25) is 0 Å². The van der Waals surface area contributed by atoms with Gasteiger partial charge in [-0.1, -0.05) is 97.8 Å². The molecule has 0 aromatic rings. The summed E-state index contributed by atoms with van der Waals surface area (Å²) >= 11 is 0. The topological polar surface area (TPSA) is 20.3 Å². The first-order valence-electron chi connectivity index (χ1n) is 10.4. The minimum absolute atomic E-state index is 0.666. The molecule has 0 N–H and O–H groups in total. The van der Waals surface area contributed by atoms with E-state index in [1.165, 1.54) is 83.5 Å². The largest absolute Gasteiger partial charge is 0.334 e. The number of nitrogens with zero attached hydrogens (tertiary/aromatic N) is 1. The fourth-order valence-corrected chi connectivity index (χ4v) is 3.19. The van der Waals surface area contributed by atoms with E-state index in [0.29, 0.717) is 5.92 Å². The molecule has 2 nitrogen and oxygen atoms in total. The van der Waals surface area contributed by atoms with E-state index in [4.69, 9.17) is 0 Å². The van der Waals surface area contributed by atoms with Crippen LogP contribution in [0.15, 0.2) is 0 Å². The SMILES string of the molecule is CCCCCCCCCCCCN([C]=O)CC(CC)CCCC. The van der Waals surface area contributed by atoms with E-state index in [1.807, 2.05) is 4.90 Å². The standard InChI is InChI=1S/C21H42NO/c1-4-7-9-10-11-12-13-14-15-16-18-22(20-23)19-21(6-3)17-8-5-2/h21H,4-19H2,1-3H3. The van der Waals surface area contributed by atoms with Crippen molar-refractivity contribution in [3.8, 4) is 0 Å². The maximum absolute atomic E-state index is 11.1. The van der Waals surface area contributed by atoms with Crippen molar-refractivity contribution in [2.45, 2.75) is 111 Å². The van der Waals surface area contributed by atoms with Crippen molar-refractivity contribution in [3.63, 3.8) is 0 Å². The molecule has 0 aliphatic heterocycles. The predicted molar refractivity (Wildman–Crippen MR) is 102 cm³/mol. The van der Waals surface area contributed by atoms with Crippen LogP contribution in [0.25, 0.3) is 0 Å². The van der Waals surface area contributed by atoms with E-state index >= 15 is 0 Å². The van der Waals surface area contributed by atoms with Gasteiger partial charge in [0.25, 0.3) is 0 Å². The maximum atomic E-state index is 11.1. The summed E-state index contributed by atoms with van der Waals surface area (Å²) in [5.41, 5.74) is 0. The summed E-state index contributed by atoms with van der Waals surface area (Å²) in [5.74, 6) is 0.666. The number of carbonyl (C=O) groups excluding carboxylic acids is 1. The summed E-state index contributed by atoms with van der Waals surface area (Å²) in [6.07, 6.45) is 20.6. The number of hydrogen-bond donors (Lipinski definition) is 0. The number of unbranched alkanes of at least 4 members (excludes halogenated alkanes) is 10.